The lowest BCUT2D eigenvalue weighted by Crippen LogP contribution is -2.45. The Morgan fingerprint density at radius 1 is 1.45 bits per heavy atom. The van der Waals surface area contributed by atoms with Gasteiger partial charge in [-0.15, -0.1) is 0 Å². The fourth-order valence-corrected chi connectivity index (χ4v) is 3.32. The quantitative estimate of drug-likeness (QED) is 0.816. The van der Waals surface area contributed by atoms with Crippen molar-refractivity contribution in [2.24, 2.45) is 0 Å². The van der Waals surface area contributed by atoms with Crippen molar-refractivity contribution in [2.75, 3.05) is 13.1 Å². The maximum Gasteiger partial charge on any atom is 0.316 e. The molecule has 1 amide bonds. The van der Waals surface area contributed by atoms with E-state index in [1.165, 1.54) is 0 Å². The number of aromatic nitrogens is 2. The van der Waals surface area contributed by atoms with Crippen molar-refractivity contribution in [2.45, 2.75) is 25.4 Å². The molecule has 1 atom stereocenters. The highest BCUT2D eigenvalue weighted by Crippen LogP contribution is 2.18. The minimum absolute atomic E-state index is 0.0404. The smallest absolute Gasteiger partial charge is 0.316 e. The second kappa shape index (κ2) is 7.19. The van der Waals surface area contributed by atoms with Crippen molar-refractivity contribution >= 4 is 33.2 Å². The number of rotatable bonds is 4. The molecule has 1 fully saturated rings. The Kier molecular flexibility index (Phi) is 5.04. The first kappa shape index (κ1) is 15.4. The van der Waals surface area contributed by atoms with Crippen molar-refractivity contribution in [1.29, 1.82) is 0 Å². The summed E-state index contributed by atoms with van der Waals surface area (Å²) >= 11 is 4.91. The summed E-state index contributed by atoms with van der Waals surface area (Å²) in [6.07, 6.45) is 5.60. The number of hydrogen-bond acceptors (Lipinski definition) is 5. The highest BCUT2D eigenvalue weighted by atomic mass is 79.9. The number of carbonyl (C=O) groups is 1. The third kappa shape index (κ3) is 4.04. The van der Waals surface area contributed by atoms with E-state index in [9.17, 15) is 4.79 Å². The Labute approximate surface area is 141 Å². The fraction of sp³-hybridized carbons (Fsp3) is 0.400. The first-order chi connectivity index (χ1) is 10.7. The molecule has 3 heterocycles. The van der Waals surface area contributed by atoms with Crippen LogP contribution in [-0.2, 0) is 11.2 Å². The Bertz CT molecular complexity index is 618. The minimum Gasteiger partial charge on any atom is -0.458 e. The monoisotopic (exact) mass is 381 g/mol. The molecule has 2 aromatic heterocycles. The summed E-state index contributed by atoms with van der Waals surface area (Å²) < 4.78 is 6.61. The molecule has 2 aromatic rings. The molecule has 22 heavy (non-hydrogen) atoms. The van der Waals surface area contributed by atoms with Crippen LogP contribution in [0.25, 0.3) is 0 Å². The van der Waals surface area contributed by atoms with Crippen LogP contribution in [0.2, 0.25) is 0 Å². The summed E-state index contributed by atoms with van der Waals surface area (Å²) in [5.41, 5.74) is 1.08. The molecular weight excluding hydrogens is 366 g/mol. The molecule has 116 valence electrons. The number of hydrogen-bond donors (Lipinski definition) is 0. The third-order valence-electron chi connectivity index (χ3n) is 3.54. The summed E-state index contributed by atoms with van der Waals surface area (Å²) in [6.45, 7) is 1.40. The van der Waals surface area contributed by atoms with Gasteiger partial charge in [0.05, 0.1) is 17.4 Å². The van der Waals surface area contributed by atoms with Gasteiger partial charge in [-0.05, 0) is 51.2 Å². The summed E-state index contributed by atoms with van der Waals surface area (Å²) in [6, 6.07) is 2.36. The molecule has 1 aliphatic rings. The van der Waals surface area contributed by atoms with Gasteiger partial charge >= 0.3 is 6.01 Å². The van der Waals surface area contributed by atoms with Crippen molar-refractivity contribution in [3.63, 3.8) is 0 Å². The van der Waals surface area contributed by atoms with Gasteiger partial charge in [0.1, 0.15) is 6.10 Å². The SMILES string of the molecule is O=C(Cc1ccsc1)N1CCCC(Oc2ncc(Br)cn2)C1. The van der Waals surface area contributed by atoms with Gasteiger partial charge in [0, 0.05) is 18.9 Å². The van der Waals surface area contributed by atoms with Gasteiger partial charge < -0.3 is 9.64 Å². The second-order valence-corrected chi connectivity index (χ2v) is 6.91. The molecular formula is C15H16BrN3O2S. The van der Waals surface area contributed by atoms with E-state index in [4.69, 9.17) is 4.74 Å². The van der Waals surface area contributed by atoms with Gasteiger partial charge in [0.2, 0.25) is 5.91 Å². The lowest BCUT2D eigenvalue weighted by Gasteiger charge is -2.32. The highest BCUT2D eigenvalue weighted by molar-refractivity contribution is 9.10. The first-order valence-electron chi connectivity index (χ1n) is 7.14. The molecule has 0 radical (unpaired) electrons. The zero-order valence-electron chi connectivity index (χ0n) is 11.9. The van der Waals surface area contributed by atoms with E-state index in [1.54, 1.807) is 23.7 Å². The van der Waals surface area contributed by atoms with E-state index in [0.29, 0.717) is 19.0 Å². The molecule has 0 N–H and O–H groups in total. The van der Waals surface area contributed by atoms with Gasteiger partial charge in [-0.25, -0.2) is 9.97 Å². The zero-order valence-corrected chi connectivity index (χ0v) is 14.3. The molecule has 0 aliphatic carbocycles. The highest BCUT2D eigenvalue weighted by Gasteiger charge is 2.25. The number of ether oxygens (including phenoxy) is 1. The van der Waals surface area contributed by atoms with Gasteiger partial charge in [-0.2, -0.15) is 11.3 Å². The van der Waals surface area contributed by atoms with Crippen LogP contribution in [-0.4, -0.2) is 40.0 Å². The Morgan fingerprint density at radius 3 is 3.00 bits per heavy atom. The molecule has 1 aliphatic heterocycles. The molecule has 0 bridgehead atoms. The van der Waals surface area contributed by atoms with Crippen LogP contribution in [0.3, 0.4) is 0 Å². The van der Waals surface area contributed by atoms with Gasteiger partial charge in [0.15, 0.2) is 0 Å². The average molecular weight is 382 g/mol. The predicted octanol–water partition coefficient (Wildman–Crippen LogP) is 2.91. The van der Waals surface area contributed by atoms with Gasteiger partial charge in [-0.1, -0.05) is 0 Å². The molecule has 0 aromatic carbocycles. The van der Waals surface area contributed by atoms with Crippen molar-refractivity contribution in [3.05, 3.63) is 39.3 Å². The number of piperidine rings is 1. The number of carbonyl (C=O) groups excluding carboxylic acids is 1. The lowest BCUT2D eigenvalue weighted by atomic mass is 10.1. The Morgan fingerprint density at radius 2 is 2.27 bits per heavy atom. The van der Waals surface area contributed by atoms with Crippen LogP contribution >= 0.6 is 27.3 Å². The van der Waals surface area contributed by atoms with Crippen molar-refractivity contribution in [3.8, 4) is 6.01 Å². The van der Waals surface area contributed by atoms with Gasteiger partial charge in [0.25, 0.3) is 0 Å². The van der Waals surface area contributed by atoms with Crippen molar-refractivity contribution < 1.29 is 9.53 Å². The van der Waals surface area contributed by atoms with E-state index in [0.717, 1.165) is 29.4 Å². The van der Waals surface area contributed by atoms with E-state index in [2.05, 4.69) is 25.9 Å². The predicted molar refractivity (Wildman–Crippen MR) is 88.0 cm³/mol. The maximum absolute atomic E-state index is 12.3. The molecule has 3 rings (SSSR count). The summed E-state index contributed by atoms with van der Waals surface area (Å²) in [4.78, 5) is 22.5. The van der Waals surface area contributed by atoms with Crippen LogP contribution < -0.4 is 4.74 Å². The number of likely N-dealkylation sites (tertiary alicyclic amines) is 1. The van der Waals surface area contributed by atoms with E-state index < -0.39 is 0 Å². The van der Waals surface area contributed by atoms with Crippen molar-refractivity contribution in [1.82, 2.24) is 14.9 Å². The van der Waals surface area contributed by atoms with Crippen LogP contribution in [0.5, 0.6) is 6.01 Å². The molecule has 0 spiro atoms. The Hall–Kier alpha value is -1.47. The lowest BCUT2D eigenvalue weighted by molar-refractivity contribution is -0.133. The molecule has 1 unspecified atom stereocenters. The topological polar surface area (TPSA) is 55.3 Å². The Balaban J connectivity index is 1.56. The number of thiophene rings is 1. The summed E-state index contributed by atoms with van der Waals surface area (Å²) in [7, 11) is 0. The summed E-state index contributed by atoms with van der Waals surface area (Å²) in [5.74, 6) is 0.156. The van der Waals surface area contributed by atoms with E-state index in [-0.39, 0.29) is 12.0 Å². The minimum atomic E-state index is -0.0404. The summed E-state index contributed by atoms with van der Waals surface area (Å²) in [5, 5.41) is 4.01. The van der Waals surface area contributed by atoms with Crippen LogP contribution in [0.1, 0.15) is 18.4 Å². The van der Waals surface area contributed by atoms with Gasteiger partial charge in [-0.3, -0.25) is 4.79 Å². The zero-order chi connectivity index (χ0) is 15.4. The van der Waals surface area contributed by atoms with E-state index >= 15 is 0 Å². The third-order valence-corrected chi connectivity index (χ3v) is 4.68. The fourth-order valence-electron chi connectivity index (χ4n) is 2.45. The van der Waals surface area contributed by atoms with E-state index in [1.807, 2.05) is 21.7 Å². The number of nitrogens with zero attached hydrogens (tertiary/aromatic N) is 3. The standard InChI is InChI=1S/C15H16BrN3O2S/c16-12-7-17-15(18-8-12)21-13-2-1-4-19(9-13)14(20)6-11-3-5-22-10-11/h3,5,7-8,10,13H,1-2,4,6,9H2. The van der Waals surface area contributed by atoms with Crippen LogP contribution in [0.15, 0.2) is 33.7 Å². The number of halogens is 1. The molecule has 7 heteroatoms. The normalized spacial score (nSPS) is 18.2. The first-order valence-corrected chi connectivity index (χ1v) is 8.87. The molecule has 0 saturated carbocycles. The molecule has 1 saturated heterocycles. The van der Waals surface area contributed by atoms with Crippen LogP contribution in [0, 0.1) is 0 Å². The second-order valence-electron chi connectivity index (χ2n) is 5.21. The largest absolute Gasteiger partial charge is 0.458 e. The maximum atomic E-state index is 12.3. The number of amides is 1. The molecule has 5 nitrogen and oxygen atoms in total. The van der Waals surface area contributed by atoms with Crippen LogP contribution in [0.4, 0.5) is 0 Å². The average Bonchev–Trinajstić information content (AvgIpc) is 3.03.